The van der Waals surface area contributed by atoms with Crippen molar-refractivity contribution in [3.05, 3.63) is 30.2 Å². The fourth-order valence-corrected chi connectivity index (χ4v) is 8.95. The summed E-state index contributed by atoms with van der Waals surface area (Å²) in [4.78, 5) is 7.62. The van der Waals surface area contributed by atoms with Crippen molar-refractivity contribution in [1.29, 1.82) is 0 Å². The molecule has 0 spiro atoms. The Labute approximate surface area is 205 Å². The number of aromatic nitrogens is 3. The number of nitrogens with one attached hydrogen (secondary N) is 1. The zero-order chi connectivity index (χ0) is 23.4. The molecule has 2 aromatic heterocycles. The molecule has 1 N–H and O–H groups in total. The summed E-state index contributed by atoms with van der Waals surface area (Å²) in [7, 11) is 1.97. The predicted molar refractivity (Wildman–Crippen MR) is 139 cm³/mol. The lowest BCUT2D eigenvalue weighted by Crippen LogP contribution is -2.46. The highest BCUT2D eigenvalue weighted by Gasteiger charge is 2.48. The van der Waals surface area contributed by atoms with Crippen molar-refractivity contribution >= 4 is 5.82 Å². The zero-order valence-electron chi connectivity index (χ0n) is 21.6. The van der Waals surface area contributed by atoms with E-state index in [0.29, 0.717) is 11.5 Å². The van der Waals surface area contributed by atoms with Gasteiger partial charge in [-0.2, -0.15) is 5.10 Å². The maximum atomic E-state index is 4.74. The fourth-order valence-electron chi connectivity index (χ4n) is 8.95. The van der Waals surface area contributed by atoms with Crippen molar-refractivity contribution in [2.75, 3.05) is 25.0 Å². The molecule has 0 radical (unpaired) electrons. The molecule has 1 aliphatic heterocycles. The maximum absolute atomic E-state index is 4.74. The molecule has 0 amide bonds. The van der Waals surface area contributed by atoms with Crippen LogP contribution in [0.3, 0.4) is 0 Å². The van der Waals surface area contributed by atoms with Crippen molar-refractivity contribution in [3.8, 4) is 11.1 Å². The van der Waals surface area contributed by atoms with E-state index < -0.39 is 0 Å². The van der Waals surface area contributed by atoms with Gasteiger partial charge >= 0.3 is 0 Å². The minimum atomic E-state index is 0.572. The van der Waals surface area contributed by atoms with Crippen LogP contribution >= 0.6 is 0 Å². The highest BCUT2D eigenvalue weighted by molar-refractivity contribution is 5.65. The van der Waals surface area contributed by atoms with Crippen LogP contribution in [0.1, 0.15) is 64.5 Å². The van der Waals surface area contributed by atoms with Gasteiger partial charge < -0.3 is 10.2 Å². The molecule has 2 aromatic rings. The van der Waals surface area contributed by atoms with Crippen LogP contribution in [0.25, 0.3) is 11.1 Å². The molecule has 4 unspecified atom stereocenters. The van der Waals surface area contributed by atoms with E-state index in [1.807, 2.05) is 17.9 Å². The molecule has 3 aliphatic carbocycles. The van der Waals surface area contributed by atoms with Gasteiger partial charge in [0, 0.05) is 56.2 Å². The molecular formula is C29H43N5. The van der Waals surface area contributed by atoms with Crippen LogP contribution in [0.15, 0.2) is 24.5 Å². The van der Waals surface area contributed by atoms with E-state index in [1.165, 1.54) is 70.1 Å². The normalized spacial score (nSPS) is 37.6. The fraction of sp³-hybridized carbons (Fsp3) is 0.724. The van der Waals surface area contributed by atoms with Gasteiger partial charge in [0.1, 0.15) is 5.82 Å². The zero-order valence-corrected chi connectivity index (χ0v) is 21.6. The van der Waals surface area contributed by atoms with E-state index >= 15 is 0 Å². The minimum Gasteiger partial charge on any atom is -0.367 e. The number of aryl methyl sites for hydroxylation is 2. The summed E-state index contributed by atoms with van der Waals surface area (Å²) < 4.78 is 1.87. The molecule has 6 rings (SSSR count). The van der Waals surface area contributed by atoms with Crippen LogP contribution in [-0.4, -0.2) is 45.3 Å². The Morgan fingerprint density at radius 2 is 1.71 bits per heavy atom. The Balaban J connectivity index is 1.04. The Kier molecular flexibility index (Phi) is 5.75. The van der Waals surface area contributed by atoms with Gasteiger partial charge in [-0.25, -0.2) is 4.98 Å². The molecule has 4 aliphatic rings. The van der Waals surface area contributed by atoms with Gasteiger partial charge in [-0.3, -0.25) is 4.68 Å². The summed E-state index contributed by atoms with van der Waals surface area (Å²) in [6, 6.07) is 4.90. The second-order valence-corrected chi connectivity index (χ2v) is 12.9. The Morgan fingerprint density at radius 3 is 2.29 bits per heavy atom. The van der Waals surface area contributed by atoms with Crippen molar-refractivity contribution in [3.63, 3.8) is 0 Å². The molecule has 1 saturated heterocycles. The van der Waals surface area contributed by atoms with Crippen LogP contribution in [0.2, 0.25) is 0 Å². The number of hydrogen-bond acceptors (Lipinski definition) is 4. The summed E-state index contributed by atoms with van der Waals surface area (Å²) in [6.45, 7) is 11.1. The number of fused-ring (bicyclic) bond motifs is 3. The number of pyridine rings is 1. The Hall–Kier alpha value is -1.88. The molecule has 34 heavy (non-hydrogen) atoms. The second kappa shape index (κ2) is 8.65. The predicted octanol–water partition coefficient (Wildman–Crippen LogP) is 5.77. The third-order valence-electron chi connectivity index (χ3n) is 9.58. The highest BCUT2D eigenvalue weighted by Crippen LogP contribution is 2.54. The van der Waals surface area contributed by atoms with Crippen LogP contribution in [0.5, 0.6) is 0 Å². The van der Waals surface area contributed by atoms with Gasteiger partial charge in [0.2, 0.25) is 0 Å². The maximum Gasteiger partial charge on any atom is 0.126 e. The number of likely N-dealkylation sites (tertiary alicyclic amines) is 1. The van der Waals surface area contributed by atoms with Crippen LogP contribution < -0.4 is 5.32 Å². The van der Waals surface area contributed by atoms with Crippen LogP contribution in [0, 0.1) is 41.9 Å². The number of hydrogen-bond donors (Lipinski definition) is 1. The van der Waals surface area contributed by atoms with Crippen molar-refractivity contribution in [2.24, 2.45) is 42.1 Å². The van der Waals surface area contributed by atoms with Gasteiger partial charge in [0.15, 0.2) is 0 Å². The van der Waals surface area contributed by atoms with Gasteiger partial charge in [0.25, 0.3) is 0 Å². The monoisotopic (exact) mass is 461 g/mol. The average Bonchev–Trinajstić information content (AvgIpc) is 3.39. The van der Waals surface area contributed by atoms with E-state index in [0.717, 1.165) is 46.7 Å². The minimum absolute atomic E-state index is 0.572. The quantitative estimate of drug-likeness (QED) is 0.614. The molecule has 5 heteroatoms. The number of rotatable bonds is 5. The van der Waals surface area contributed by atoms with Crippen molar-refractivity contribution in [1.82, 2.24) is 19.7 Å². The molecular weight excluding hydrogens is 418 g/mol. The SMILES string of the molecule is Cc1nn(C)cc1-c1ccc(NC2CC3CN(CC45CC(C)CC(CC(C)C4)C5)CC3C2)nc1. The van der Waals surface area contributed by atoms with Crippen LogP contribution in [0.4, 0.5) is 5.82 Å². The lowest BCUT2D eigenvalue weighted by molar-refractivity contribution is -0.00647. The van der Waals surface area contributed by atoms with E-state index in [-0.39, 0.29) is 0 Å². The largest absolute Gasteiger partial charge is 0.367 e. The second-order valence-electron chi connectivity index (χ2n) is 12.9. The summed E-state index contributed by atoms with van der Waals surface area (Å²) in [5.41, 5.74) is 3.99. The molecule has 4 atom stereocenters. The first-order valence-electron chi connectivity index (χ1n) is 13.8. The summed E-state index contributed by atoms with van der Waals surface area (Å²) in [5, 5.41) is 8.22. The summed E-state index contributed by atoms with van der Waals surface area (Å²) in [6.07, 6.45) is 14.1. The topological polar surface area (TPSA) is 46.0 Å². The molecule has 4 fully saturated rings. The Morgan fingerprint density at radius 1 is 1.00 bits per heavy atom. The average molecular weight is 462 g/mol. The first kappa shape index (κ1) is 22.6. The highest BCUT2D eigenvalue weighted by atomic mass is 15.2. The number of anilines is 1. The van der Waals surface area contributed by atoms with E-state index in [9.17, 15) is 0 Å². The van der Waals surface area contributed by atoms with Crippen molar-refractivity contribution in [2.45, 2.75) is 71.8 Å². The van der Waals surface area contributed by atoms with Crippen LogP contribution in [-0.2, 0) is 7.05 Å². The smallest absolute Gasteiger partial charge is 0.126 e. The van der Waals surface area contributed by atoms with Gasteiger partial charge in [-0.1, -0.05) is 13.8 Å². The Bertz CT molecular complexity index is 977. The van der Waals surface area contributed by atoms with Crippen molar-refractivity contribution < 1.29 is 0 Å². The standard InChI is InChI=1S/C29H43N5/c1-19-7-22-8-20(2)12-29(11-19,13-22)18-34-15-24-9-26(10-25(24)16-34)31-28-6-5-23(14-30-28)27-17-33(4)32-21(27)3/h5-6,14,17,19-20,22,24-26H,7-13,15-16,18H2,1-4H3,(H,30,31). The first-order valence-corrected chi connectivity index (χ1v) is 13.8. The van der Waals surface area contributed by atoms with E-state index in [2.05, 4.69) is 54.4 Å². The number of nitrogens with zero attached hydrogens (tertiary/aromatic N) is 4. The van der Waals surface area contributed by atoms with E-state index in [4.69, 9.17) is 4.98 Å². The van der Waals surface area contributed by atoms with Gasteiger partial charge in [0.05, 0.1) is 5.69 Å². The van der Waals surface area contributed by atoms with Gasteiger partial charge in [-0.05, 0) is 99.0 Å². The van der Waals surface area contributed by atoms with E-state index in [1.54, 1.807) is 0 Å². The molecule has 3 heterocycles. The third-order valence-corrected chi connectivity index (χ3v) is 9.58. The molecule has 3 saturated carbocycles. The lowest BCUT2D eigenvalue weighted by atomic mass is 9.56. The molecule has 2 bridgehead atoms. The third kappa shape index (κ3) is 4.41. The van der Waals surface area contributed by atoms with Gasteiger partial charge in [-0.15, -0.1) is 0 Å². The first-order chi connectivity index (χ1) is 16.3. The summed E-state index contributed by atoms with van der Waals surface area (Å²) in [5.74, 6) is 5.62. The summed E-state index contributed by atoms with van der Waals surface area (Å²) >= 11 is 0. The molecule has 0 aromatic carbocycles. The molecule has 5 nitrogen and oxygen atoms in total. The molecule has 184 valence electrons. The lowest BCUT2D eigenvalue weighted by Gasteiger charge is -2.51.